The largest absolute Gasteiger partial charge is 0.489 e. The van der Waals surface area contributed by atoms with Crippen molar-refractivity contribution in [2.45, 2.75) is 38.3 Å². The summed E-state index contributed by atoms with van der Waals surface area (Å²) >= 11 is 0. The number of rotatable bonds is 8. The van der Waals surface area contributed by atoms with Crippen molar-refractivity contribution in [1.29, 1.82) is 5.26 Å². The van der Waals surface area contributed by atoms with Gasteiger partial charge in [-0.2, -0.15) is 5.26 Å². The molecule has 1 aliphatic rings. The summed E-state index contributed by atoms with van der Waals surface area (Å²) in [6, 6.07) is 15.9. The molecule has 0 unspecified atom stereocenters. The number of likely N-dealkylation sites (tertiary alicyclic amines) is 1. The molecule has 2 N–H and O–H groups in total. The average Bonchev–Trinajstić information content (AvgIpc) is 2.82. The lowest BCUT2D eigenvalue weighted by molar-refractivity contribution is -0.150. The zero-order valence-electron chi connectivity index (χ0n) is 17.6. The molecule has 1 fully saturated rings. The third kappa shape index (κ3) is 5.62. The minimum Gasteiger partial charge on any atom is -0.489 e. The Hall–Kier alpha value is -3.37. The number of carbonyl (C=O) groups excluding carboxylic acids is 1. The molecule has 2 aromatic rings. The van der Waals surface area contributed by atoms with Crippen LogP contribution < -0.4 is 10.1 Å². The highest BCUT2D eigenvalue weighted by Gasteiger charge is 2.40. The molecule has 7 nitrogen and oxygen atoms in total. The molecule has 0 bridgehead atoms. The first-order valence-corrected chi connectivity index (χ1v) is 10.4. The number of benzene rings is 2. The van der Waals surface area contributed by atoms with Crippen molar-refractivity contribution in [3.8, 4) is 11.8 Å². The predicted molar refractivity (Wildman–Crippen MR) is 116 cm³/mol. The van der Waals surface area contributed by atoms with Gasteiger partial charge in [0.2, 0.25) is 0 Å². The number of nitriles is 1. The van der Waals surface area contributed by atoms with Gasteiger partial charge < -0.3 is 15.2 Å². The molecule has 2 aromatic carbocycles. The molecule has 1 amide bonds. The summed E-state index contributed by atoms with van der Waals surface area (Å²) in [5.74, 6) is -0.631. The number of piperidine rings is 1. The number of nitrogens with zero attached hydrogens (tertiary/aromatic N) is 2. The first-order valence-electron chi connectivity index (χ1n) is 10.4. The maximum absolute atomic E-state index is 12.6. The molecule has 1 atom stereocenters. The van der Waals surface area contributed by atoms with Crippen LogP contribution in [0.15, 0.2) is 48.5 Å². The van der Waals surface area contributed by atoms with Crippen LogP contribution in [0.2, 0.25) is 0 Å². The van der Waals surface area contributed by atoms with Gasteiger partial charge >= 0.3 is 5.97 Å². The van der Waals surface area contributed by atoms with E-state index < -0.39 is 11.5 Å². The summed E-state index contributed by atoms with van der Waals surface area (Å²) in [7, 11) is 0. The van der Waals surface area contributed by atoms with Crippen molar-refractivity contribution < 1.29 is 19.4 Å². The van der Waals surface area contributed by atoms with Crippen molar-refractivity contribution >= 4 is 11.9 Å². The third-order valence-electron chi connectivity index (χ3n) is 5.71. The summed E-state index contributed by atoms with van der Waals surface area (Å²) in [6.45, 7) is 3.51. The van der Waals surface area contributed by atoms with Crippen molar-refractivity contribution in [2.24, 2.45) is 0 Å². The van der Waals surface area contributed by atoms with E-state index in [1.54, 1.807) is 43.3 Å². The summed E-state index contributed by atoms with van der Waals surface area (Å²) in [4.78, 5) is 26.4. The third-order valence-corrected chi connectivity index (χ3v) is 5.71. The molecule has 1 heterocycles. The lowest BCUT2D eigenvalue weighted by Gasteiger charge is -2.40. The number of amides is 1. The van der Waals surface area contributed by atoms with Gasteiger partial charge in [-0.25, -0.2) is 0 Å². The van der Waals surface area contributed by atoms with Gasteiger partial charge in [0.1, 0.15) is 17.9 Å². The smallest absolute Gasteiger partial charge is 0.325 e. The molecule has 0 saturated carbocycles. The second-order valence-corrected chi connectivity index (χ2v) is 7.93. The molecule has 1 saturated heterocycles. The monoisotopic (exact) mass is 421 g/mol. The van der Waals surface area contributed by atoms with Crippen LogP contribution in [0.4, 0.5) is 0 Å². The van der Waals surface area contributed by atoms with E-state index in [2.05, 4.69) is 11.4 Å². The fraction of sp³-hybridized carbons (Fsp3) is 0.375. The van der Waals surface area contributed by atoms with Crippen molar-refractivity contribution in [1.82, 2.24) is 10.2 Å². The van der Waals surface area contributed by atoms with Crippen LogP contribution in [0.1, 0.15) is 47.7 Å². The zero-order valence-corrected chi connectivity index (χ0v) is 17.6. The van der Waals surface area contributed by atoms with Crippen LogP contribution in [-0.4, -0.2) is 47.1 Å². The van der Waals surface area contributed by atoms with Crippen LogP contribution in [0.25, 0.3) is 0 Å². The molecule has 0 spiro atoms. The van der Waals surface area contributed by atoms with E-state index in [0.717, 1.165) is 37.9 Å². The van der Waals surface area contributed by atoms with Crippen LogP contribution >= 0.6 is 0 Å². The molecule has 0 radical (unpaired) electrons. The first kappa shape index (κ1) is 22.3. The lowest BCUT2D eigenvalue weighted by Crippen LogP contribution is -2.60. The topological polar surface area (TPSA) is 103 Å². The predicted octanol–water partition coefficient (Wildman–Crippen LogP) is 3.20. The lowest BCUT2D eigenvalue weighted by atomic mass is 9.96. The highest BCUT2D eigenvalue weighted by Crippen LogP contribution is 2.21. The Kier molecular flexibility index (Phi) is 7.27. The number of carboxylic acid groups (broad SMARTS) is 1. The Labute approximate surface area is 182 Å². The number of hydrogen-bond donors (Lipinski definition) is 2. The number of carbonyl (C=O) groups is 2. The fourth-order valence-electron chi connectivity index (χ4n) is 3.61. The van der Waals surface area contributed by atoms with Gasteiger partial charge in [-0.15, -0.1) is 0 Å². The molecule has 0 aliphatic carbocycles. The maximum atomic E-state index is 12.6. The normalized spacial score (nSPS) is 16.0. The Bertz CT molecular complexity index is 944. The fourth-order valence-corrected chi connectivity index (χ4v) is 3.61. The van der Waals surface area contributed by atoms with E-state index in [1.807, 2.05) is 17.0 Å². The number of hydrogen-bond acceptors (Lipinski definition) is 5. The zero-order chi connectivity index (χ0) is 22.3. The standard InChI is InChI=1S/C24H27N3O4/c1-24(23(29)30,27-13-3-2-4-14-27)17-26-22(28)20-9-11-21(12-10-20)31-16-19-7-5-18(15-25)6-8-19/h5-12H,2-4,13-14,16-17H2,1H3,(H,26,28)(H,29,30)/t24-/m0/s1. The van der Waals surface area contributed by atoms with Gasteiger partial charge in [0.15, 0.2) is 0 Å². The Morgan fingerprint density at radius 3 is 2.32 bits per heavy atom. The van der Waals surface area contributed by atoms with E-state index in [4.69, 9.17) is 10.00 Å². The molecule has 1 aliphatic heterocycles. The Morgan fingerprint density at radius 1 is 1.10 bits per heavy atom. The minimum atomic E-state index is -1.12. The molecule has 7 heteroatoms. The van der Waals surface area contributed by atoms with Gasteiger partial charge in [0.25, 0.3) is 5.91 Å². The summed E-state index contributed by atoms with van der Waals surface area (Å²) in [6.07, 6.45) is 3.06. The number of nitrogens with one attached hydrogen (secondary N) is 1. The van der Waals surface area contributed by atoms with Gasteiger partial charge in [0.05, 0.1) is 11.6 Å². The van der Waals surface area contributed by atoms with Crippen molar-refractivity contribution in [3.63, 3.8) is 0 Å². The molecule has 162 valence electrons. The summed E-state index contributed by atoms with van der Waals surface area (Å²) in [5.41, 5.74) is 0.849. The quantitative estimate of drug-likeness (QED) is 0.679. The minimum absolute atomic E-state index is 0.0398. The number of aliphatic carboxylic acids is 1. The summed E-state index contributed by atoms with van der Waals surface area (Å²) in [5, 5.41) is 21.4. The molecule has 3 rings (SSSR count). The van der Waals surface area contributed by atoms with Gasteiger partial charge in [0, 0.05) is 12.1 Å². The second kappa shape index (κ2) is 10.1. The second-order valence-electron chi connectivity index (χ2n) is 7.93. The molecule has 0 aromatic heterocycles. The van der Waals surface area contributed by atoms with E-state index in [1.165, 1.54) is 0 Å². The maximum Gasteiger partial charge on any atom is 0.325 e. The van der Waals surface area contributed by atoms with E-state index >= 15 is 0 Å². The van der Waals surface area contributed by atoms with Crippen molar-refractivity contribution in [2.75, 3.05) is 19.6 Å². The molecular weight excluding hydrogens is 394 g/mol. The highest BCUT2D eigenvalue weighted by molar-refractivity contribution is 5.94. The van der Waals surface area contributed by atoms with E-state index in [0.29, 0.717) is 23.5 Å². The summed E-state index contributed by atoms with van der Waals surface area (Å²) < 4.78 is 5.73. The molecular formula is C24H27N3O4. The van der Waals surface area contributed by atoms with E-state index in [9.17, 15) is 14.7 Å². The Morgan fingerprint density at radius 2 is 1.74 bits per heavy atom. The van der Waals surface area contributed by atoms with Crippen LogP contribution in [-0.2, 0) is 11.4 Å². The highest BCUT2D eigenvalue weighted by atomic mass is 16.5. The average molecular weight is 421 g/mol. The number of ether oxygens (including phenoxy) is 1. The van der Waals surface area contributed by atoms with Crippen LogP contribution in [0.3, 0.4) is 0 Å². The van der Waals surface area contributed by atoms with E-state index in [-0.39, 0.29) is 12.5 Å². The van der Waals surface area contributed by atoms with Gasteiger partial charge in [-0.05, 0) is 74.8 Å². The SMILES string of the molecule is C[C@](CNC(=O)c1ccc(OCc2ccc(C#N)cc2)cc1)(C(=O)O)N1CCCCC1. The first-order chi connectivity index (χ1) is 14.9. The molecule has 31 heavy (non-hydrogen) atoms. The van der Waals surface area contributed by atoms with Gasteiger partial charge in [-0.1, -0.05) is 18.6 Å². The Balaban J connectivity index is 1.55. The van der Waals surface area contributed by atoms with Crippen molar-refractivity contribution in [3.05, 3.63) is 65.2 Å². The number of carboxylic acids is 1. The van der Waals surface area contributed by atoms with Gasteiger partial charge in [-0.3, -0.25) is 14.5 Å². The van der Waals surface area contributed by atoms with Crippen LogP contribution in [0, 0.1) is 11.3 Å². The van der Waals surface area contributed by atoms with Crippen LogP contribution in [0.5, 0.6) is 5.75 Å².